The summed E-state index contributed by atoms with van der Waals surface area (Å²) in [6, 6.07) is 12.3. The number of benzene rings is 2. The van der Waals surface area contributed by atoms with Crippen molar-refractivity contribution in [2.75, 3.05) is 19.8 Å². The Morgan fingerprint density at radius 1 is 1.08 bits per heavy atom. The summed E-state index contributed by atoms with van der Waals surface area (Å²) in [7, 11) is 0. The van der Waals surface area contributed by atoms with Crippen LogP contribution in [0.5, 0.6) is 11.5 Å². The number of aliphatic hydroxyl groups is 1. The van der Waals surface area contributed by atoms with Gasteiger partial charge in [-0.25, -0.2) is 0 Å². The van der Waals surface area contributed by atoms with Gasteiger partial charge in [0.1, 0.15) is 6.61 Å². The molecule has 0 unspecified atom stereocenters. The summed E-state index contributed by atoms with van der Waals surface area (Å²) in [6.07, 6.45) is 1.79. The first kappa shape index (κ1) is 20.7. The lowest BCUT2D eigenvalue weighted by Gasteiger charge is -2.16. The minimum atomic E-state index is 0.243. The number of aliphatic hydroxyl groups excluding tert-OH is 1. The van der Waals surface area contributed by atoms with Crippen molar-refractivity contribution in [2.45, 2.75) is 39.8 Å². The van der Waals surface area contributed by atoms with Crippen molar-refractivity contribution in [2.24, 2.45) is 0 Å². The van der Waals surface area contributed by atoms with Crippen LogP contribution < -0.4 is 14.8 Å². The van der Waals surface area contributed by atoms with Crippen LogP contribution in [0.4, 0.5) is 0 Å². The van der Waals surface area contributed by atoms with Crippen LogP contribution in [0.3, 0.4) is 0 Å². The average molecular weight is 422 g/mol. The molecule has 0 amide bonds. The molecule has 2 N–H and O–H groups in total. The third-order valence-corrected chi connectivity index (χ3v) is 4.70. The Balaban J connectivity index is 2.04. The highest BCUT2D eigenvalue weighted by Crippen LogP contribution is 2.34. The van der Waals surface area contributed by atoms with Gasteiger partial charge in [0.15, 0.2) is 11.5 Å². The Morgan fingerprint density at radius 3 is 2.62 bits per heavy atom. The fourth-order valence-corrected chi connectivity index (χ4v) is 3.10. The van der Waals surface area contributed by atoms with E-state index in [1.54, 1.807) is 0 Å². The van der Waals surface area contributed by atoms with Crippen LogP contribution in [0.2, 0.25) is 0 Å². The topological polar surface area (TPSA) is 50.7 Å². The summed E-state index contributed by atoms with van der Waals surface area (Å²) in [5.41, 5.74) is 3.48. The largest absolute Gasteiger partial charge is 0.490 e. The third kappa shape index (κ3) is 6.63. The zero-order valence-electron chi connectivity index (χ0n) is 15.6. The molecule has 0 aliphatic carbocycles. The molecule has 2 aromatic carbocycles. The van der Waals surface area contributed by atoms with Gasteiger partial charge in [0, 0.05) is 17.6 Å². The van der Waals surface area contributed by atoms with Crippen LogP contribution in [0.1, 0.15) is 36.5 Å². The molecule has 0 aromatic heterocycles. The summed E-state index contributed by atoms with van der Waals surface area (Å²) in [4.78, 5) is 0. The van der Waals surface area contributed by atoms with Gasteiger partial charge in [-0.15, -0.1) is 0 Å². The lowest BCUT2D eigenvalue weighted by Crippen LogP contribution is -2.15. The first-order valence-corrected chi connectivity index (χ1v) is 9.88. The van der Waals surface area contributed by atoms with Crippen LogP contribution in [0, 0.1) is 6.92 Å². The van der Waals surface area contributed by atoms with Crippen LogP contribution in [-0.4, -0.2) is 24.9 Å². The molecule has 0 aliphatic rings. The van der Waals surface area contributed by atoms with Gasteiger partial charge in [-0.05, 0) is 56.5 Å². The van der Waals surface area contributed by atoms with Crippen LogP contribution in [-0.2, 0) is 13.2 Å². The van der Waals surface area contributed by atoms with E-state index in [0.717, 1.165) is 53.0 Å². The van der Waals surface area contributed by atoms with Crippen molar-refractivity contribution in [1.29, 1.82) is 0 Å². The van der Waals surface area contributed by atoms with Crippen molar-refractivity contribution >= 4 is 15.9 Å². The van der Waals surface area contributed by atoms with Gasteiger partial charge in [0.25, 0.3) is 0 Å². The van der Waals surface area contributed by atoms with E-state index in [1.807, 2.05) is 25.1 Å². The summed E-state index contributed by atoms with van der Waals surface area (Å²) in [5, 5.41) is 12.2. The fourth-order valence-electron chi connectivity index (χ4n) is 2.64. The molecule has 0 atom stereocenters. The van der Waals surface area contributed by atoms with E-state index >= 15 is 0 Å². The number of halogens is 1. The maximum Gasteiger partial charge on any atom is 0.162 e. The van der Waals surface area contributed by atoms with Crippen LogP contribution >= 0.6 is 15.9 Å². The second-order valence-corrected chi connectivity index (χ2v) is 7.06. The van der Waals surface area contributed by atoms with Gasteiger partial charge in [-0.2, -0.15) is 0 Å². The number of hydrogen-bond acceptors (Lipinski definition) is 4. The predicted octanol–water partition coefficient (Wildman–Crippen LogP) is 4.60. The van der Waals surface area contributed by atoms with Crippen LogP contribution in [0.25, 0.3) is 0 Å². The molecule has 2 aromatic rings. The maximum atomic E-state index is 8.84. The zero-order valence-corrected chi connectivity index (χ0v) is 17.1. The first-order valence-electron chi connectivity index (χ1n) is 9.09. The van der Waals surface area contributed by atoms with E-state index in [4.69, 9.17) is 14.6 Å². The third-order valence-electron chi connectivity index (χ3n) is 3.97. The van der Waals surface area contributed by atoms with Crippen molar-refractivity contribution in [3.05, 3.63) is 57.6 Å². The van der Waals surface area contributed by atoms with Gasteiger partial charge in [0.05, 0.1) is 6.61 Å². The van der Waals surface area contributed by atoms with E-state index in [9.17, 15) is 0 Å². The molecular weight excluding hydrogens is 394 g/mol. The van der Waals surface area contributed by atoms with E-state index in [-0.39, 0.29) is 6.61 Å². The highest BCUT2D eigenvalue weighted by atomic mass is 79.9. The van der Waals surface area contributed by atoms with Crippen molar-refractivity contribution in [3.63, 3.8) is 0 Å². The molecule has 142 valence electrons. The van der Waals surface area contributed by atoms with E-state index in [2.05, 4.69) is 46.4 Å². The fraction of sp³-hybridized carbons (Fsp3) is 0.429. The van der Waals surface area contributed by atoms with Gasteiger partial charge in [-0.3, -0.25) is 0 Å². The standard InChI is InChI=1S/C21H28BrNO3/c1-3-25-20-12-18(14-23-9-4-5-10-24)19(22)13-21(20)26-15-17-8-6-7-16(2)11-17/h6-8,11-13,23-24H,3-5,9-10,14-15H2,1-2H3. The molecule has 0 aliphatic heterocycles. The number of rotatable bonds is 11. The molecular formula is C21H28BrNO3. The maximum absolute atomic E-state index is 8.84. The van der Waals surface area contributed by atoms with Crippen molar-refractivity contribution in [3.8, 4) is 11.5 Å². The highest BCUT2D eigenvalue weighted by molar-refractivity contribution is 9.10. The van der Waals surface area contributed by atoms with Crippen molar-refractivity contribution in [1.82, 2.24) is 5.32 Å². The minimum Gasteiger partial charge on any atom is -0.490 e. The zero-order chi connectivity index (χ0) is 18.8. The monoisotopic (exact) mass is 421 g/mol. The number of ether oxygens (including phenoxy) is 2. The molecule has 0 fully saturated rings. The Morgan fingerprint density at radius 2 is 1.88 bits per heavy atom. The van der Waals surface area contributed by atoms with Gasteiger partial charge in [0.2, 0.25) is 0 Å². The van der Waals surface area contributed by atoms with Gasteiger partial charge < -0.3 is 19.9 Å². The molecule has 0 spiro atoms. The summed E-state index contributed by atoms with van der Waals surface area (Å²) in [6.45, 7) is 7.01. The molecule has 0 heterocycles. The SMILES string of the molecule is CCOc1cc(CNCCCCO)c(Br)cc1OCc1cccc(C)c1. The second kappa shape index (κ2) is 11.2. The van der Waals surface area contributed by atoms with Crippen molar-refractivity contribution < 1.29 is 14.6 Å². The lowest BCUT2D eigenvalue weighted by molar-refractivity contribution is 0.268. The van der Waals surface area contributed by atoms with Crippen LogP contribution in [0.15, 0.2) is 40.9 Å². The molecule has 26 heavy (non-hydrogen) atoms. The molecule has 4 nitrogen and oxygen atoms in total. The molecule has 0 radical (unpaired) electrons. The first-order chi connectivity index (χ1) is 12.6. The average Bonchev–Trinajstić information content (AvgIpc) is 2.62. The number of aryl methyl sites for hydroxylation is 1. The molecule has 0 saturated heterocycles. The lowest BCUT2D eigenvalue weighted by atomic mass is 10.1. The number of hydrogen-bond donors (Lipinski definition) is 2. The van der Waals surface area contributed by atoms with E-state index < -0.39 is 0 Å². The number of nitrogens with one attached hydrogen (secondary N) is 1. The normalized spacial score (nSPS) is 10.8. The van der Waals surface area contributed by atoms with Gasteiger partial charge in [-0.1, -0.05) is 45.8 Å². The minimum absolute atomic E-state index is 0.243. The molecule has 0 saturated carbocycles. The summed E-state index contributed by atoms with van der Waals surface area (Å²) >= 11 is 3.64. The smallest absolute Gasteiger partial charge is 0.162 e. The molecule has 0 bridgehead atoms. The quantitative estimate of drug-likeness (QED) is 0.520. The predicted molar refractivity (Wildman–Crippen MR) is 109 cm³/mol. The Bertz CT molecular complexity index is 691. The van der Waals surface area contributed by atoms with E-state index in [0.29, 0.717) is 13.2 Å². The summed E-state index contributed by atoms with van der Waals surface area (Å²) in [5.74, 6) is 1.50. The molecule has 5 heteroatoms. The van der Waals surface area contributed by atoms with E-state index in [1.165, 1.54) is 5.56 Å². The van der Waals surface area contributed by atoms with Gasteiger partial charge >= 0.3 is 0 Å². The highest BCUT2D eigenvalue weighted by Gasteiger charge is 2.11. The second-order valence-electron chi connectivity index (χ2n) is 6.21. The Kier molecular flexibility index (Phi) is 8.95. The molecule has 2 rings (SSSR count). The summed E-state index contributed by atoms with van der Waals surface area (Å²) < 4.78 is 12.8. The Hall–Kier alpha value is -1.56. The Labute approximate surface area is 164 Å². The number of unbranched alkanes of at least 4 members (excludes halogenated alkanes) is 1.